The number of benzene rings is 2. The van der Waals surface area contributed by atoms with Crippen LogP contribution in [0.5, 0.6) is 17.2 Å². The van der Waals surface area contributed by atoms with Crippen molar-refractivity contribution in [3.05, 3.63) is 48.0 Å². The molecule has 8 nitrogen and oxygen atoms in total. The summed E-state index contributed by atoms with van der Waals surface area (Å²) in [6, 6.07) is 12.3. The molecule has 1 amide bonds. The van der Waals surface area contributed by atoms with Crippen molar-refractivity contribution >= 4 is 35.1 Å². The SMILES string of the molecule is CCNC(=S)N/N=C\c1ccc(OCC(=O)Nc2ccc(OC)cc2)c(OC)c1. The summed E-state index contributed by atoms with van der Waals surface area (Å²) in [6.07, 6.45) is 1.60. The van der Waals surface area contributed by atoms with Crippen LogP contribution in [0.4, 0.5) is 5.69 Å². The zero-order valence-electron chi connectivity index (χ0n) is 16.5. The van der Waals surface area contributed by atoms with Gasteiger partial charge in [-0.3, -0.25) is 10.2 Å². The molecular weight excluding hydrogens is 392 g/mol. The molecule has 0 radical (unpaired) electrons. The smallest absolute Gasteiger partial charge is 0.262 e. The quantitative estimate of drug-likeness (QED) is 0.329. The van der Waals surface area contributed by atoms with Gasteiger partial charge in [0.15, 0.2) is 23.2 Å². The van der Waals surface area contributed by atoms with Crippen molar-refractivity contribution < 1.29 is 19.0 Å². The van der Waals surface area contributed by atoms with Gasteiger partial charge < -0.3 is 24.8 Å². The van der Waals surface area contributed by atoms with E-state index in [0.717, 1.165) is 5.56 Å². The number of hydrogen-bond acceptors (Lipinski definition) is 6. The molecule has 0 aliphatic heterocycles. The molecule has 0 aliphatic rings. The number of hydrogen-bond donors (Lipinski definition) is 3. The van der Waals surface area contributed by atoms with Crippen molar-refractivity contribution in [3.8, 4) is 17.2 Å². The van der Waals surface area contributed by atoms with Crippen molar-refractivity contribution in [1.82, 2.24) is 10.7 Å². The average Bonchev–Trinajstić information content (AvgIpc) is 2.73. The maximum Gasteiger partial charge on any atom is 0.262 e. The largest absolute Gasteiger partial charge is 0.497 e. The van der Waals surface area contributed by atoms with Crippen LogP contribution in [0.3, 0.4) is 0 Å². The minimum Gasteiger partial charge on any atom is -0.497 e. The molecule has 0 aliphatic carbocycles. The van der Waals surface area contributed by atoms with Gasteiger partial charge in [0, 0.05) is 12.2 Å². The molecule has 2 rings (SSSR count). The molecule has 0 heterocycles. The fourth-order valence-corrected chi connectivity index (χ4v) is 2.46. The molecule has 2 aromatic rings. The fraction of sp³-hybridized carbons (Fsp3) is 0.250. The summed E-state index contributed by atoms with van der Waals surface area (Å²) in [5, 5.41) is 10.2. The lowest BCUT2D eigenvalue weighted by Crippen LogP contribution is -2.31. The highest BCUT2D eigenvalue weighted by atomic mass is 32.1. The highest BCUT2D eigenvalue weighted by Crippen LogP contribution is 2.27. The highest BCUT2D eigenvalue weighted by Gasteiger charge is 2.09. The first kappa shape index (κ1) is 22.0. The van der Waals surface area contributed by atoms with Crippen LogP contribution in [0, 0.1) is 0 Å². The molecule has 0 atom stereocenters. The summed E-state index contributed by atoms with van der Waals surface area (Å²) in [4.78, 5) is 12.1. The van der Waals surface area contributed by atoms with Crippen LogP contribution in [0.25, 0.3) is 0 Å². The Hall–Kier alpha value is -3.33. The molecule has 0 bridgehead atoms. The fourth-order valence-electron chi connectivity index (χ4n) is 2.26. The molecule has 3 N–H and O–H groups in total. The van der Waals surface area contributed by atoms with Gasteiger partial charge in [0.25, 0.3) is 5.91 Å². The van der Waals surface area contributed by atoms with Crippen LogP contribution in [-0.2, 0) is 4.79 Å². The molecule has 154 valence electrons. The number of anilines is 1. The van der Waals surface area contributed by atoms with E-state index in [1.807, 2.05) is 6.92 Å². The van der Waals surface area contributed by atoms with Gasteiger partial charge in [0.05, 0.1) is 20.4 Å². The number of carbonyl (C=O) groups excluding carboxylic acids is 1. The van der Waals surface area contributed by atoms with Gasteiger partial charge in [-0.1, -0.05) is 0 Å². The van der Waals surface area contributed by atoms with Crippen molar-refractivity contribution in [1.29, 1.82) is 0 Å². The lowest BCUT2D eigenvalue weighted by atomic mass is 10.2. The van der Waals surface area contributed by atoms with Gasteiger partial charge >= 0.3 is 0 Å². The third-order valence-corrected chi connectivity index (χ3v) is 3.87. The topological polar surface area (TPSA) is 93.2 Å². The number of methoxy groups -OCH3 is 2. The Bertz CT molecular complexity index is 856. The van der Waals surface area contributed by atoms with E-state index in [2.05, 4.69) is 21.2 Å². The molecule has 2 aromatic carbocycles. The van der Waals surface area contributed by atoms with E-state index in [1.165, 1.54) is 7.11 Å². The van der Waals surface area contributed by atoms with Crippen LogP contribution in [-0.4, -0.2) is 44.6 Å². The van der Waals surface area contributed by atoms with E-state index < -0.39 is 0 Å². The third kappa shape index (κ3) is 7.30. The number of ether oxygens (including phenoxy) is 3. The van der Waals surface area contributed by atoms with E-state index in [0.29, 0.717) is 34.6 Å². The summed E-state index contributed by atoms with van der Waals surface area (Å²) in [7, 11) is 3.11. The Morgan fingerprint density at radius 2 is 1.86 bits per heavy atom. The lowest BCUT2D eigenvalue weighted by Gasteiger charge is -2.11. The van der Waals surface area contributed by atoms with Gasteiger partial charge in [-0.25, -0.2) is 0 Å². The molecule has 0 spiro atoms. The second-order valence-corrected chi connectivity index (χ2v) is 6.11. The van der Waals surface area contributed by atoms with Crippen molar-refractivity contribution in [3.63, 3.8) is 0 Å². The molecule has 0 saturated heterocycles. The Kier molecular flexibility index (Phi) is 8.71. The lowest BCUT2D eigenvalue weighted by molar-refractivity contribution is -0.118. The summed E-state index contributed by atoms with van der Waals surface area (Å²) in [5.41, 5.74) is 4.15. The third-order valence-electron chi connectivity index (χ3n) is 3.64. The number of hydrazone groups is 1. The molecule has 0 aromatic heterocycles. The maximum absolute atomic E-state index is 12.1. The minimum atomic E-state index is -0.288. The molecule has 29 heavy (non-hydrogen) atoms. The van der Waals surface area contributed by atoms with Gasteiger partial charge in [-0.05, 0) is 67.2 Å². The zero-order chi connectivity index (χ0) is 21.1. The predicted molar refractivity (Wildman–Crippen MR) is 117 cm³/mol. The second-order valence-electron chi connectivity index (χ2n) is 5.71. The number of nitrogens with one attached hydrogen (secondary N) is 3. The van der Waals surface area contributed by atoms with E-state index >= 15 is 0 Å². The Morgan fingerprint density at radius 3 is 2.52 bits per heavy atom. The summed E-state index contributed by atoms with van der Waals surface area (Å²) in [6.45, 7) is 2.50. The average molecular weight is 417 g/mol. The minimum absolute atomic E-state index is 0.158. The Balaban J connectivity index is 1.91. The van der Waals surface area contributed by atoms with E-state index in [1.54, 1.807) is 55.8 Å². The molecule has 0 saturated carbocycles. The van der Waals surface area contributed by atoms with Crippen LogP contribution in [0.15, 0.2) is 47.6 Å². The molecular formula is C20H24N4O4S. The number of thiocarbonyl (C=S) groups is 1. The van der Waals surface area contributed by atoms with Crippen LogP contribution in [0.2, 0.25) is 0 Å². The van der Waals surface area contributed by atoms with Gasteiger partial charge in [0.1, 0.15) is 5.75 Å². The number of carbonyl (C=O) groups is 1. The van der Waals surface area contributed by atoms with Crippen molar-refractivity contribution in [2.24, 2.45) is 5.10 Å². The van der Waals surface area contributed by atoms with Gasteiger partial charge in [0.2, 0.25) is 0 Å². The zero-order valence-corrected chi connectivity index (χ0v) is 17.3. The van der Waals surface area contributed by atoms with Gasteiger partial charge in [-0.15, -0.1) is 0 Å². The first-order valence-corrected chi connectivity index (χ1v) is 9.28. The van der Waals surface area contributed by atoms with Gasteiger partial charge in [-0.2, -0.15) is 5.10 Å². The monoisotopic (exact) mass is 416 g/mol. The Labute approximate surface area is 175 Å². The van der Waals surface area contributed by atoms with Crippen molar-refractivity contribution in [2.45, 2.75) is 6.92 Å². The summed E-state index contributed by atoms with van der Waals surface area (Å²) in [5.74, 6) is 1.36. The number of amides is 1. The summed E-state index contributed by atoms with van der Waals surface area (Å²) >= 11 is 5.03. The second kappa shape index (κ2) is 11.5. The first-order valence-electron chi connectivity index (χ1n) is 8.87. The van der Waals surface area contributed by atoms with Crippen molar-refractivity contribution in [2.75, 3.05) is 32.7 Å². The number of nitrogens with zero attached hydrogens (tertiary/aromatic N) is 1. The maximum atomic E-state index is 12.1. The predicted octanol–water partition coefficient (Wildman–Crippen LogP) is 2.54. The molecule has 0 fully saturated rings. The van der Waals surface area contributed by atoms with E-state index in [9.17, 15) is 4.79 Å². The molecule has 9 heteroatoms. The van der Waals surface area contributed by atoms with E-state index in [4.69, 9.17) is 26.4 Å². The normalized spacial score (nSPS) is 10.3. The van der Waals surface area contributed by atoms with Crippen LogP contribution >= 0.6 is 12.2 Å². The summed E-state index contributed by atoms with van der Waals surface area (Å²) < 4.78 is 16.0. The van der Waals surface area contributed by atoms with E-state index in [-0.39, 0.29) is 12.5 Å². The Morgan fingerprint density at radius 1 is 1.10 bits per heavy atom. The van der Waals surface area contributed by atoms with Crippen LogP contribution < -0.4 is 30.3 Å². The molecule has 0 unspecified atom stereocenters. The first-order chi connectivity index (χ1) is 14.0. The highest BCUT2D eigenvalue weighted by molar-refractivity contribution is 7.80. The number of rotatable bonds is 9. The standard InChI is InChI=1S/C20H24N4O4S/c1-4-21-20(29)24-22-12-14-5-10-17(18(11-14)27-3)28-13-19(25)23-15-6-8-16(26-2)9-7-15/h5-12H,4,13H2,1-3H3,(H,23,25)(H2,21,24,29)/b22-12-. The van der Waals surface area contributed by atoms with Crippen LogP contribution in [0.1, 0.15) is 12.5 Å².